The summed E-state index contributed by atoms with van der Waals surface area (Å²) in [5, 5.41) is 9.37. The number of nitrogens with zero attached hydrogens (tertiary/aromatic N) is 2. The van der Waals surface area contributed by atoms with E-state index in [1.165, 1.54) is 12.7 Å². The highest BCUT2D eigenvalue weighted by Crippen LogP contribution is 2.32. The van der Waals surface area contributed by atoms with Crippen LogP contribution in [-0.2, 0) is 9.47 Å². The molecule has 0 radical (unpaired) electrons. The maximum atomic E-state index is 11.4. The zero-order valence-electron chi connectivity index (χ0n) is 17.8. The summed E-state index contributed by atoms with van der Waals surface area (Å²) in [7, 11) is 5.16. The van der Waals surface area contributed by atoms with Crippen LogP contribution in [0.25, 0.3) is 0 Å². The van der Waals surface area contributed by atoms with Crippen LogP contribution in [-0.4, -0.2) is 69.8 Å². The van der Waals surface area contributed by atoms with Gasteiger partial charge in [0.15, 0.2) is 0 Å². The van der Waals surface area contributed by atoms with Gasteiger partial charge in [-0.15, -0.1) is 0 Å². The summed E-state index contributed by atoms with van der Waals surface area (Å²) >= 11 is 0. The van der Waals surface area contributed by atoms with Crippen molar-refractivity contribution in [1.82, 2.24) is 4.90 Å². The fourth-order valence-corrected chi connectivity index (χ4v) is 3.89. The van der Waals surface area contributed by atoms with Crippen molar-refractivity contribution in [2.24, 2.45) is 0 Å². The lowest BCUT2D eigenvalue weighted by Crippen LogP contribution is -2.36. The van der Waals surface area contributed by atoms with Crippen molar-refractivity contribution in [2.75, 3.05) is 52.6 Å². The first-order valence-electron chi connectivity index (χ1n) is 10.1. The third-order valence-corrected chi connectivity index (χ3v) is 5.56. The lowest BCUT2D eigenvalue weighted by atomic mass is 10.0. The topological polar surface area (TPSA) is 71.5 Å². The fraction of sp³-hybridized carbons (Fsp3) is 0.435. The average molecular weight is 415 g/mol. The van der Waals surface area contributed by atoms with Crippen LogP contribution in [0.2, 0.25) is 0 Å². The highest BCUT2D eigenvalue weighted by atomic mass is 16.7. The van der Waals surface area contributed by atoms with Gasteiger partial charge in [-0.25, -0.2) is 4.79 Å². The van der Waals surface area contributed by atoms with Crippen LogP contribution in [0.3, 0.4) is 0 Å². The van der Waals surface area contributed by atoms with Crippen molar-refractivity contribution in [1.29, 1.82) is 0 Å². The van der Waals surface area contributed by atoms with E-state index < -0.39 is 5.97 Å². The Labute approximate surface area is 177 Å². The molecule has 7 nitrogen and oxygen atoms in total. The summed E-state index contributed by atoms with van der Waals surface area (Å²) in [4.78, 5) is 16.0. The third-order valence-electron chi connectivity index (χ3n) is 5.56. The van der Waals surface area contributed by atoms with Crippen molar-refractivity contribution in [3.05, 3.63) is 59.7 Å². The molecule has 0 bridgehead atoms. The third kappa shape index (κ3) is 5.30. The van der Waals surface area contributed by atoms with Gasteiger partial charge in [0.1, 0.15) is 18.1 Å². The Kier molecular flexibility index (Phi) is 7.68. The Morgan fingerprint density at radius 1 is 1.23 bits per heavy atom. The molecule has 1 N–H and O–H groups in total. The van der Waals surface area contributed by atoms with Gasteiger partial charge >= 0.3 is 5.97 Å². The van der Waals surface area contributed by atoms with Crippen LogP contribution >= 0.6 is 0 Å². The summed E-state index contributed by atoms with van der Waals surface area (Å²) in [6.07, 6.45) is 1.16. The molecule has 162 valence electrons. The lowest BCUT2D eigenvalue weighted by molar-refractivity contribution is -0.0671. The summed E-state index contributed by atoms with van der Waals surface area (Å²) in [6.45, 7) is 2.97. The molecule has 2 aromatic carbocycles. The Morgan fingerprint density at radius 3 is 2.67 bits per heavy atom. The van der Waals surface area contributed by atoms with Gasteiger partial charge in [-0.3, -0.25) is 4.90 Å². The van der Waals surface area contributed by atoms with Crippen molar-refractivity contribution >= 4 is 11.7 Å². The molecule has 0 spiro atoms. The minimum absolute atomic E-state index is 0.0905. The van der Waals surface area contributed by atoms with Crippen LogP contribution in [0.15, 0.2) is 48.5 Å². The Hall–Kier alpha value is -2.61. The number of likely N-dealkylation sites (N-methyl/N-ethyl adjacent to an activating group) is 1. The molecular formula is C23H30N2O5. The first-order chi connectivity index (χ1) is 14.5. The number of ether oxygens (including phenoxy) is 3. The largest absolute Gasteiger partial charge is 0.496 e. The lowest BCUT2D eigenvalue weighted by Gasteiger charge is -2.34. The number of benzene rings is 2. The van der Waals surface area contributed by atoms with Gasteiger partial charge in [-0.2, -0.15) is 0 Å². The van der Waals surface area contributed by atoms with Gasteiger partial charge in [0.2, 0.25) is 0 Å². The molecule has 1 fully saturated rings. The molecule has 0 aromatic heterocycles. The summed E-state index contributed by atoms with van der Waals surface area (Å²) in [5.41, 5.74) is 2.25. The number of carbonyl (C=O) groups is 1. The van der Waals surface area contributed by atoms with E-state index in [2.05, 4.69) is 21.9 Å². The molecular weight excluding hydrogens is 384 g/mol. The molecule has 1 heterocycles. The SMILES string of the molecule is COCOC1CCN(CC(c2ccccc2)N(C)c2ccc(C(=O)O)c(OC)c2)C1. The molecule has 2 atom stereocenters. The van der Waals surface area contributed by atoms with E-state index in [9.17, 15) is 9.90 Å². The number of anilines is 1. The number of likely N-dealkylation sites (tertiary alicyclic amines) is 1. The Bertz CT molecular complexity index is 830. The summed E-state index contributed by atoms with van der Waals surface area (Å²) in [5.74, 6) is -0.646. The Balaban J connectivity index is 1.82. The highest BCUT2D eigenvalue weighted by Gasteiger charge is 2.28. The van der Waals surface area contributed by atoms with Gasteiger partial charge in [-0.05, 0) is 24.1 Å². The van der Waals surface area contributed by atoms with Crippen molar-refractivity contribution < 1.29 is 24.1 Å². The van der Waals surface area contributed by atoms with Crippen LogP contribution < -0.4 is 9.64 Å². The van der Waals surface area contributed by atoms with Crippen LogP contribution in [0, 0.1) is 0 Å². The van der Waals surface area contributed by atoms with Gasteiger partial charge in [-0.1, -0.05) is 30.3 Å². The van der Waals surface area contributed by atoms with E-state index in [-0.39, 0.29) is 17.7 Å². The van der Waals surface area contributed by atoms with Crippen molar-refractivity contribution in [3.8, 4) is 5.75 Å². The summed E-state index contributed by atoms with van der Waals surface area (Å²) < 4.78 is 16.1. The Morgan fingerprint density at radius 2 is 2.00 bits per heavy atom. The van der Waals surface area contributed by atoms with Gasteiger partial charge < -0.3 is 24.2 Å². The monoisotopic (exact) mass is 414 g/mol. The standard InChI is InChI=1S/C23H30N2O5/c1-24(18-9-10-20(23(26)27)22(13-18)29-3)21(17-7-5-4-6-8-17)15-25-12-11-19(14-25)30-16-28-2/h4-10,13,19,21H,11-12,14-16H2,1-3H3,(H,26,27). The number of hydrogen-bond donors (Lipinski definition) is 1. The first kappa shape index (κ1) is 22.1. The number of rotatable bonds is 10. The normalized spacial score (nSPS) is 17.6. The van der Waals surface area contributed by atoms with Gasteiger partial charge in [0, 0.05) is 45.5 Å². The fourth-order valence-electron chi connectivity index (χ4n) is 3.89. The minimum Gasteiger partial charge on any atom is -0.496 e. The van der Waals surface area contributed by atoms with Gasteiger partial charge in [0.05, 0.1) is 19.3 Å². The predicted molar refractivity (Wildman–Crippen MR) is 115 cm³/mol. The first-order valence-corrected chi connectivity index (χ1v) is 10.1. The highest BCUT2D eigenvalue weighted by molar-refractivity contribution is 5.91. The maximum absolute atomic E-state index is 11.4. The molecule has 7 heteroatoms. The molecule has 1 saturated heterocycles. The molecule has 0 aliphatic carbocycles. The van der Waals surface area contributed by atoms with E-state index in [0.717, 1.165) is 31.7 Å². The van der Waals surface area contributed by atoms with E-state index in [1.807, 2.05) is 31.3 Å². The number of carboxylic acids is 1. The number of hydrogen-bond acceptors (Lipinski definition) is 6. The molecule has 30 heavy (non-hydrogen) atoms. The second kappa shape index (κ2) is 10.4. The second-order valence-electron chi connectivity index (χ2n) is 7.47. The molecule has 1 aliphatic heterocycles. The van der Waals surface area contributed by atoms with Crippen molar-refractivity contribution in [2.45, 2.75) is 18.6 Å². The zero-order valence-corrected chi connectivity index (χ0v) is 17.8. The molecule has 2 aromatic rings. The minimum atomic E-state index is -1.00. The van der Waals surface area contributed by atoms with Gasteiger partial charge in [0.25, 0.3) is 0 Å². The average Bonchev–Trinajstić information content (AvgIpc) is 3.23. The molecule has 1 aliphatic rings. The number of aromatic carboxylic acids is 1. The number of carboxylic acid groups (broad SMARTS) is 1. The quantitative estimate of drug-likeness (QED) is 0.598. The molecule has 2 unspecified atom stereocenters. The maximum Gasteiger partial charge on any atom is 0.339 e. The second-order valence-corrected chi connectivity index (χ2v) is 7.47. The van der Waals surface area contributed by atoms with Crippen LogP contribution in [0.5, 0.6) is 5.75 Å². The number of methoxy groups -OCH3 is 2. The smallest absolute Gasteiger partial charge is 0.339 e. The molecule has 3 rings (SSSR count). The van der Waals surface area contributed by atoms with Crippen LogP contribution in [0.4, 0.5) is 5.69 Å². The molecule has 0 saturated carbocycles. The van der Waals surface area contributed by atoms with Crippen molar-refractivity contribution in [3.63, 3.8) is 0 Å². The van der Waals surface area contributed by atoms with E-state index in [4.69, 9.17) is 14.2 Å². The summed E-state index contributed by atoms with van der Waals surface area (Å²) in [6, 6.07) is 15.6. The van der Waals surface area contributed by atoms with Crippen LogP contribution in [0.1, 0.15) is 28.4 Å². The predicted octanol–water partition coefficient (Wildman–Crippen LogP) is 3.27. The zero-order chi connectivity index (χ0) is 21.5. The van der Waals surface area contributed by atoms with E-state index in [0.29, 0.717) is 12.5 Å². The molecule has 0 amide bonds. The van der Waals surface area contributed by atoms with E-state index >= 15 is 0 Å². The van der Waals surface area contributed by atoms with E-state index in [1.54, 1.807) is 19.2 Å².